The van der Waals surface area contributed by atoms with Gasteiger partial charge in [-0.25, -0.2) is 24.9 Å². The molecule has 9 heteroatoms. The summed E-state index contributed by atoms with van der Waals surface area (Å²) < 4.78 is 7.43. The molecule has 1 aliphatic rings. The average Bonchev–Trinajstić information content (AvgIpc) is 3.52. The number of para-hydroxylation sites is 2. The molecule has 0 spiro atoms. The van der Waals surface area contributed by atoms with Crippen LogP contribution >= 0.6 is 0 Å². The van der Waals surface area contributed by atoms with Crippen molar-refractivity contribution >= 4 is 28.0 Å². The molecule has 0 atom stereocenters. The Hall–Kier alpha value is -4.01. The maximum absolute atomic E-state index is 5.21. The van der Waals surface area contributed by atoms with E-state index in [2.05, 4.69) is 24.8 Å². The summed E-state index contributed by atoms with van der Waals surface area (Å²) in [5.41, 5.74) is 4.40. The van der Waals surface area contributed by atoms with Gasteiger partial charge in [0, 0.05) is 23.9 Å². The fraction of sp³-hybridized carbons (Fsp3) is 0.320. The van der Waals surface area contributed by atoms with E-state index in [1.165, 1.54) is 19.3 Å². The summed E-state index contributed by atoms with van der Waals surface area (Å²) in [5, 5.41) is 3.45. The van der Waals surface area contributed by atoms with Gasteiger partial charge in [0.05, 0.1) is 31.0 Å². The molecule has 0 amide bonds. The van der Waals surface area contributed by atoms with Gasteiger partial charge >= 0.3 is 0 Å². The van der Waals surface area contributed by atoms with Crippen molar-refractivity contribution in [1.29, 1.82) is 0 Å². The first kappa shape index (κ1) is 20.6. The molecule has 9 nitrogen and oxygen atoms in total. The Balaban J connectivity index is 1.39. The van der Waals surface area contributed by atoms with Crippen molar-refractivity contribution in [2.24, 2.45) is 0 Å². The third-order valence-electron chi connectivity index (χ3n) is 6.45. The zero-order chi connectivity index (χ0) is 22.9. The molecule has 0 aliphatic heterocycles. The molecule has 0 bridgehead atoms. The van der Waals surface area contributed by atoms with Crippen molar-refractivity contribution in [2.75, 3.05) is 12.4 Å². The maximum Gasteiger partial charge on any atom is 0.212 e. The van der Waals surface area contributed by atoms with Gasteiger partial charge in [-0.15, -0.1) is 0 Å². The Morgan fingerprint density at radius 3 is 2.71 bits per heavy atom. The summed E-state index contributed by atoms with van der Waals surface area (Å²) in [5.74, 6) is 2.69. The first-order valence-corrected chi connectivity index (χ1v) is 11.7. The van der Waals surface area contributed by atoms with Crippen molar-refractivity contribution in [2.45, 2.75) is 44.7 Å². The first-order valence-electron chi connectivity index (χ1n) is 11.7. The molecular formula is C25H26N8O. The lowest BCUT2D eigenvalue weighted by Gasteiger charge is -2.23. The van der Waals surface area contributed by atoms with Crippen molar-refractivity contribution < 1.29 is 4.74 Å². The van der Waals surface area contributed by atoms with Crippen LogP contribution in [0.1, 0.15) is 44.0 Å². The second-order valence-electron chi connectivity index (χ2n) is 8.66. The molecule has 34 heavy (non-hydrogen) atoms. The summed E-state index contributed by atoms with van der Waals surface area (Å²) >= 11 is 0. The average molecular weight is 455 g/mol. The molecule has 1 aromatic carbocycles. The molecule has 1 aliphatic carbocycles. The molecule has 2 N–H and O–H groups in total. The molecule has 1 fully saturated rings. The monoisotopic (exact) mass is 454 g/mol. The minimum atomic E-state index is 0.415. The number of methoxy groups -OCH3 is 1. The highest BCUT2D eigenvalue weighted by atomic mass is 16.5. The van der Waals surface area contributed by atoms with E-state index < -0.39 is 0 Å². The smallest absolute Gasteiger partial charge is 0.212 e. The minimum absolute atomic E-state index is 0.415. The predicted molar refractivity (Wildman–Crippen MR) is 131 cm³/mol. The third kappa shape index (κ3) is 3.83. The molecule has 172 valence electrons. The van der Waals surface area contributed by atoms with Crippen LogP contribution in [0.15, 0.2) is 48.9 Å². The van der Waals surface area contributed by atoms with Crippen molar-refractivity contribution in [3.05, 3.63) is 54.7 Å². The van der Waals surface area contributed by atoms with E-state index in [9.17, 15) is 0 Å². The van der Waals surface area contributed by atoms with Gasteiger partial charge in [-0.1, -0.05) is 31.4 Å². The Morgan fingerprint density at radius 2 is 1.91 bits per heavy atom. The van der Waals surface area contributed by atoms with Gasteiger partial charge in [-0.3, -0.25) is 0 Å². The van der Waals surface area contributed by atoms with Crippen LogP contribution in [0.3, 0.4) is 0 Å². The topological polar surface area (TPSA) is 106 Å². The highest BCUT2D eigenvalue weighted by Gasteiger charge is 2.21. The van der Waals surface area contributed by atoms with Crippen LogP contribution in [-0.4, -0.2) is 41.6 Å². The number of ether oxygens (including phenoxy) is 1. The molecule has 1 saturated carbocycles. The quantitative estimate of drug-likeness (QED) is 0.376. The Bertz CT molecular complexity index is 1400. The molecule has 0 saturated heterocycles. The summed E-state index contributed by atoms with van der Waals surface area (Å²) in [6.07, 6.45) is 9.73. The van der Waals surface area contributed by atoms with Crippen molar-refractivity contribution in [3.8, 4) is 17.3 Å². The second kappa shape index (κ2) is 8.74. The fourth-order valence-corrected chi connectivity index (χ4v) is 4.69. The Kier molecular flexibility index (Phi) is 5.29. The zero-order valence-electron chi connectivity index (χ0n) is 19.0. The van der Waals surface area contributed by atoms with E-state index in [0.717, 1.165) is 46.4 Å². The van der Waals surface area contributed by atoms with E-state index in [0.29, 0.717) is 30.1 Å². The molecule has 4 heterocycles. The third-order valence-corrected chi connectivity index (χ3v) is 6.45. The van der Waals surface area contributed by atoms with Gasteiger partial charge in [-0.05, 0) is 31.0 Å². The number of nitrogens with one attached hydrogen (secondary N) is 2. The van der Waals surface area contributed by atoms with Crippen LogP contribution in [-0.2, 0) is 6.54 Å². The van der Waals surface area contributed by atoms with Crippen LogP contribution in [0.4, 0.5) is 5.82 Å². The predicted octanol–water partition coefficient (Wildman–Crippen LogP) is 4.89. The normalized spacial score (nSPS) is 14.6. The number of hydrogen-bond donors (Lipinski definition) is 2. The lowest BCUT2D eigenvalue weighted by Crippen LogP contribution is -2.13. The number of rotatable bonds is 6. The van der Waals surface area contributed by atoms with Crippen LogP contribution in [0.2, 0.25) is 0 Å². The summed E-state index contributed by atoms with van der Waals surface area (Å²) in [6.45, 7) is 0.497. The van der Waals surface area contributed by atoms with E-state index in [4.69, 9.17) is 19.7 Å². The maximum atomic E-state index is 5.21. The van der Waals surface area contributed by atoms with E-state index >= 15 is 0 Å². The van der Waals surface area contributed by atoms with Crippen LogP contribution in [0, 0.1) is 0 Å². The van der Waals surface area contributed by atoms with Gasteiger partial charge in [0.1, 0.15) is 11.3 Å². The molecule has 6 rings (SSSR count). The largest absolute Gasteiger partial charge is 0.481 e. The number of benzene rings is 1. The number of imidazole rings is 2. The summed E-state index contributed by atoms with van der Waals surface area (Å²) in [4.78, 5) is 26.9. The number of fused-ring (bicyclic) bond motifs is 2. The van der Waals surface area contributed by atoms with E-state index in [1.54, 1.807) is 13.3 Å². The number of hydrogen-bond acceptors (Lipinski definition) is 7. The number of aromatic amines is 1. The van der Waals surface area contributed by atoms with Crippen LogP contribution < -0.4 is 10.1 Å². The van der Waals surface area contributed by atoms with Gasteiger partial charge in [0.25, 0.3) is 0 Å². The summed E-state index contributed by atoms with van der Waals surface area (Å²) in [6, 6.07) is 12.2. The van der Waals surface area contributed by atoms with Crippen LogP contribution in [0.25, 0.3) is 33.6 Å². The highest BCUT2D eigenvalue weighted by molar-refractivity contribution is 5.85. The van der Waals surface area contributed by atoms with Crippen molar-refractivity contribution in [3.63, 3.8) is 0 Å². The van der Waals surface area contributed by atoms with Gasteiger partial charge in [0.15, 0.2) is 17.3 Å². The van der Waals surface area contributed by atoms with Gasteiger partial charge < -0.3 is 19.6 Å². The van der Waals surface area contributed by atoms with Crippen molar-refractivity contribution in [1.82, 2.24) is 34.5 Å². The standard InChI is InChI=1S/C25H26N8O/c1-34-21-12-11-16(13-26-21)23-31-24(27-14-20-29-18-9-5-6-10-19(18)30-20)22-25(32-23)33(15-28-22)17-7-3-2-4-8-17/h5-6,9-13,15,17H,2-4,7-8,14H2,1H3,(H,29,30)(H,27,31,32). The first-order chi connectivity index (χ1) is 16.8. The number of pyridine rings is 1. The summed E-state index contributed by atoms with van der Waals surface area (Å²) in [7, 11) is 1.60. The lowest BCUT2D eigenvalue weighted by molar-refractivity contribution is 0.358. The highest BCUT2D eigenvalue weighted by Crippen LogP contribution is 2.32. The van der Waals surface area contributed by atoms with Crippen LogP contribution in [0.5, 0.6) is 5.88 Å². The minimum Gasteiger partial charge on any atom is -0.481 e. The second-order valence-corrected chi connectivity index (χ2v) is 8.66. The number of nitrogens with zero attached hydrogens (tertiary/aromatic N) is 6. The Labute approximate surface area is 196 Å². The Morgan fingerprint density at radius 1 is 1.03 bits per heavy atom. The number of H-pyrrole nitrogens is 1. The number of aromatic nitrogens is 7. The molecule has 0 radical (unpaired) electrons. The number of anilines is 1. The lowest BCUT2D eigenvalue weighted by atomic mass is 9.95. The van der Waals surface area contributed by atoms with Gasteiger partial charge in [-0.2, -0.15) is 0 Å². The SMILES string of the molecule is COc1ccc(-c2nc(NCc3nc4ccccc4[nH]3)c3ncn(C4CCCCC4)c3n2)cn1. The molecular weight excluding hydrogens is 428 g/mol. The fourth-order valence-electron chi connectivity index (χ4n) is 4.69. The molecule has 4 aromatic heterocycles. The molecule has 0 unspecified atom stereocenters. The van der Waals surface area contributed by atoms with E-state index in [-0.39, 0.29) is 0 Å². The zero-order valence-corrected chi connectivity index (χ0v) is 19.0. The van der Waals surface area contributed by atoms with Gasteiger partial charge in [0.2, 0.25) is 5.88 Å². The molecule has 5 aromatic rings. The van der Waals surface area contributed by atoms with E-state index in [1.807, 2.05) is 42.7 Å².